The molecule has 2 aromatic carbocycles. The van der Waals surface area contributed by atoms with Crippen LogP contribution in [-0.4, -0.2) is 43.0 Å². The van der Waals surface area contributed by atoms with E-state index in [-0.39, 0.29) is 16.5 Å². The van der Waals surface area contributed by atoms with Crippen molar-refractivity contribution >= 4 is 55.4 Å². The van der Waals surface area contributed by atoms with Gasteiger partial charge in [0.1, 0.15) is 0 Å². The number of para-hydroxylation sites is 2. The Hall–Kier alpha value is -3.56. The summed E-state index contributed by atoms with van der Waals surface area (Å²) < 4.78 is 0.376. The lowest BCUT2D eigenvalue weighted by atomic mass is 10.0. The van der Waals surface area contributed by atoms with E-state index in [1.807, 2.05) is 51.4 Å². The van der Waals surface area contributed by atoms with Crippen LogP contribution in [0, 0.1) is 17.0 Å². The van der Waals surface area contributed by atoms with Gasteiger partial charge in [-0.05, 0) is 18.6 Å². The van der Waals surface area contributed by atoms with Gasteiger partial charge < -0.3 is 11.1 Å². The first kappa shape index (κ1) is 22.6. The van der Waals surface area contributed by atoms with Crippen LogP contribution >= 0.6 is 11.3 Å². The highest BCUT2D eigenvalue weighted by atomic mass is 32.1. The molecule has 2 aromatic heterocycles. The Morgan fingerprint density at radius 3 is 2.58 bits per heavy atom. The van der Waals surface area contributed by atoms with Gasteiger partial charge in [-0.25, -0.2) is 4.98 Å². The number of aryl methyl sites for hydroxylation is 1. The molecule has 0 unspecified atom stereocenters. The maximum Gasteiger partial charge on any atom is 0.341 e. The molecule has 4 rings (SSSR count). The second kappa shape index (κ2) is 8.76. The molecule has 0 saturated carbocycles. The molecule has 0 aliphatic rings. The second-order valence-electron chi connectivity index (χ2n) is 8.58. The molecule has 8 nitrogen and oxygen atoms in total. The molecule has 0 fully saturated rings. The number of carbonyl (C=O) groups excluding carboxylic acids is 1. The minimum atomic E-state index is -0.349. The Bertz CT molecular complexity index is 1380. The van der Waals surface area contributed by atoms with Crippen molar-refractivity contribution in [3.05, 3.63) is 69.1 Å². The van der Waals surface area contributed by atoms with Crippen LogP contribution in [0.25, 0.3) is 21.8 Å². The smallest absolute Gasteiger partial charge is 0.341 e. The summed E-state index contributed by atoms with van der Waals surface area (Å²) in [5.74, 6) is -0.215. The largest absolute Gasteiger partial charge is 0.398 e. The molecule has 4 aromatic rings. The van der Waals surface area contributed by atoms with E-state index >= 15 is 0 Å². The van der Waals surface area contributed by atoms with E-state index in [1.165, 1.54) is 17.4 Å². The molecule has 9 heteroatoms. The van der Waals surface area contributed by atoms with Gasteiger partial charge in [-0.15, -0.1) is 0 Å². The van der Waals surface area contributed by atoms with Gasteiger partial charge in [0.2, 0.25) is 0 Å². The monoisotopic (exact) mass is 464 g/mol. The molecule has 0 aliphatic heterocycles. The maximum absolute atomic E-state index is 13.0. The molecule has 0 atom stereocenters. The molecule has 1 amide bonds. The lowest BCUT2D eigenvalue weighted by Gasteiger charge is -2.26. The minimum absolute atomic E-state index is 0.135. The third-order valence-corrected chi connectivity index (χ3v) is 7.07. The summed E-state index contributed by atoms with van der Waals surface area (Å²) in [7, 11) is 3.87. The number of nitrogen functional groups attached to an aromatic ring is 1. The van der Waals surface area contributed by atoms with E-state index in [1.54, 1.807) is 11.4 Å². The quantitative estimate of drug-likeness (QED) is 0.136. The van der Waals surface area contributed by atoms with E-state index in [9.17, 15) is 14.9 Å². The molecule has 0 saturated heterocycles. The van der Waals surface area contributed by atoms with Crippen LogP contribution in [0.2, 0.25) is 0 Å². The lowest BCUT2D eigenvalue weighted by Crippen LogP contribution is -2.42. The topological polar surface area (TPSA) is 111 Å². The van der Waals surface area contributed by atoms with Gasteiger partial charge >= 0.3 is 5.69 Å². The average molecular weight is 465 g/mol. The predicted molar refractivity (Wildman–Crippen MR) is 135 cm³/mol. The Labute approximate surface area is 195 Å². The van der Waals surface area contributed by atoms with Gasteiger partial charge in [0.05, 0.1) is 47.8 Å². The fraction of sp³-hybridized carbons (Fsp3) is 0.250. The van der Waals surface area contributed by atoms with Crippen molar-refractivity contribution < 1.29 is 9.72 Å². The number of pyridine rings is 1. The number of nitrogens with zero attached hydrogens (tertiary/aromatic N) is 3. The van der Waals surface area contributed by atoms with Gasteiger partial charge in [0.25, 0.3) is 10.9 Å². The van der Waals surface area contributed by atoms with Gasteiger partial charge in [-0.2, -0.15) is 0 Å². The van der Waals surface area contributed by atoms with Crippen LogP contribution in [-0.2, 0) is 0 Å². The number of thiophene rings is 1. The van der Waals surface area contributed by atoms with Crippen LogP contribution in [0.5, 0.6) is 0 Å². The summed E-state index contributed by atoms with van der Waals surface area (Å²) in [5, 5.41) is 18.3. The summed E-state index contributed by atoms with van der Waals surface area (Å²) >= 11 is 1.37. The molecule has 0 spiro atoms. The van der Waals surface area contributed by atoms with Crippen LogP contribution in [0.15, 0.2) is 47.8 Å². The van der Waals surface area contributed by atoms with Crippen LogP contribution in [0.4, 0.5) is 16.4 Å². The fourth-order valence-corrected chi connectivity index (χ4v) is 5.07. The summed E-state index contributed by atoms with van der Waals surface area (Å²) in [6.45, 7) is 3.06. The molecule has 170 valence electrons. The summed E-state index contributed by atoms with van der Waals surface area (Å²) in [6.07, 6.45) is 0.663. The zero-order valence-corrected chi connectivity index (χ0v) is 19.6. The first-order chi connectivity index (χ1) is 15.7. The zero-order valence-electron chi connectivity index (χ0n) is 18.8. The standard InChI is InChI=1S/C24H25N5O3S/c1-15-7-4-8-16-20(25)17-9-5-10-18(22(17)27-21(15)16)23(30)26-12-6-13-29(2,3)24-19(28(31)32)11-14-33-24/h4-5,7-11,14H,6,12-13H2,1-3H3,(H2-,25,26,27,30)/p+1. The van der Waals surface area contributed by atoms with Crippen molar-refractivity contribution in [3.8, 4) is 0 Å². The average Bonchev–Trinajstić information content (AvgIpc) is 3.29. The first-order valence-corrected chi connectivity index (χ1v) is 11.5. The fourth-order valence-electron chi connectivity index (χ4n) is 4.11. The molecule has 33 heavy (non-hydrogen) atoms. The van der Waals surface area contributed by atoms with Gasteiger partial charge in [0, 0.05) is 35.2 Å². The van der Waals surface area contributed by atoms with E-state index in [0.29, 0.717) is 45.8 Å². The number of carbonyl (C=O) groups is 1. The SMILES string of the molecule is Cc1cccc2c(N)c3cccc(C(=O)NCCC[N+](C)(C)c4sccc4[N+](=O)[O-])c3nc12. The molecule has 0 bridgehead atoms. The number of nitrogens with two attached hydrogens (primary N) is 1. The molecule has 3 N–H and O–H groups in total. The summed E-state index contributed by atoms with van der Waals surface area (Å²) in [5.41, 5.74) is 10.0. The zero-order chi connectivity index (χ0) is 23.8. The highest BCUT2D eigenvalue weighted by Gasteiger charge is 2.30. The van der Waals surface area contributed by atoms with Gasteiger partial charge in [0.15, 0.2) is 0 Å². The van der Waals surface area contributed by atoms with Crippen LogP contribution in [0.1, 0.15) is 22.3 Å². The number of amides is 1. The summed E-state index contributed by atoms with van der Waals surface area (Å²) in [4.78, 5) is 28.7. The van der Waals surface area contributed by atoms with Crippen LogP contribution < -0.4 is 15.5 Å². The molecular formula is C24H26N5O3S+. The van der Waals surface area contributed by atoms with E-state index < -0.39 is 0 Å². The number of hydrogen-bond acceptors (Lipinski definition) is 6. The number of fused-ring (bicyclic) bond motifs is 2. The Morgan fingerprint density at radius 2 is 1.85 bits per heavy atom. The second-order valence-corrected chi connectivity index (χ2v) is 9.48. The number of anilines is 1. The van der Waals surface area contributed by atoms with Crippen molar-refractivity contribution in [2.24, 2.45) is 0 Å². The highest BCUT2D eigenvalue weighted by molar-refractivity contribution is 7.14. The lowest BCUT2D eigenvalue weighted by molar-refractivity contribution is -0.384. The molecular weight excluding hydrogens is 438 g/mol. The third kappa shape index (κ3) is 4.24. The summed E-state index contributed by atoms with van der Waals surface area (Å²) in [6, 6.07) is 12.8. The Balaban J connectivity index is 1.50. The van der Waals surface area contributed by atoms with Crippen molar-refractivity contribution in [2.75, 3.05) is 32.9 Å². The highest BCUT2D eigenvalue weighted by Crippen LogP contribution is 2.37. The van der Waals surface area contributed by atoms with Crippen LogP contribution in [0.3, 0.4) is 0 Å². The van der Waals surface area contributed by atoms with Gasteiger partial charge in [-0.1, -0.05) is 41.7 Å². The Kier molecular flexibility index (Phi) is 6.01. The number of nitrogens with one attached hydrogen (secondary N) is 1. The van der Waals surface area contributed by atoms with E-state index in [2.05, 4.69) is 5.32 Å². The minimum Gasteiger partial charge on any atom is -0.398 e. The number of aromatic nitrogens is 1. The number of rotatable bonds is 7. The first-order valence-electron chi connectivity index (χ1n) is 10.6. The predicted octanol–water partition coefficient (Wildman–Crippen LogP) is 4.64. The molecule has 0 radical (unpaired) electrons. The van der Waals surface area contributed by atoms with E-state index in [4.69, 9.17) is 10.7 Å². The Morgan fingerprint density at radius 1 is 1.15 bits per heavy atom. The molecule has 0 aliphatic carbocycles. The normalized spacial score (nSPS) is 11.7. The van der Waals surface area contributed by atoms with Gasteiger partial charge in [-0.3, -0.25) is 19.4 Å². The van der Waals surface area contributed by atoms with Crippen molar-refractivity contribution in [1.29, 1.82) is 0 Å². The number of hydrogen-bond donors (Lipinski definition) is 2. The van der Waals surface area contributed by atoms with E-state index in [0.717, 1.165) is 21.9 Å². The van der Waals surface area contributed by atoms with Crippen molar-refractivity contribution in [2.45, 2.75) is 13.3 Å². The number of nitro groups is 1. The van der Waals surface area contributed by atoms with Crippen molar-refractivity contribution in [1.82, 2.24) is 14.8 Å². The number of benzene rings is 2. The van der Waals surface area contributed by atoms with Crippen molar-refractivity contribution in [3.63, 3.8) is 0 Å². The number of quaternary nitrogens is 1. The maximum atomic E-state index is 13.0. The third-order valence-electron chi connectivity index (χ3n) is 5.87. The molecule has 2 heterocycles.